The first-order valence-electron chi connectivity index (χ1n) is 18.1. The van der Waals surface area contributed by atoms with Crippen molar-refractivity contribution in [3.8, 4) is 17.0 Å². The largest absolute Gasteiger partial charge is 0.497 e. The molecule has 7 rings (SSSR count). The van der Waals surface area contributed by atoms with Gasteiger partial charge in [0.25, 0.3) is 5.91 Å². The summed E-state index contributed by atoms with van der Waals surface area (Å²) in [4.78, 5) is 28.2. The van der Waals surface area contributed by atoms with E-state index < -0.39 is 27.6 Å². The van der Waals surface area contributed by atoms with Crippen LogP contribution in [-0.4, -0.2) is 67.6 Å². The molecule has 3 aromatic rings. The average molecular weight is 705 g/mol. The van der Waals surface area contributed by atoms with Gasteiger partial charge < -0.3 is 19.7 Å². The molecule has 0 spiro atoms. The van der Waals surface area contributed by atoms with E-state index in [1.54, 1.807) is 19.2 Å². The summed E-state index contributed by atoms with van der Waals surface area (Å²) in [5.74, 6) is 0.373. The third kappa shape index (κ3) is 5.29. The van der Waals surface area contributed by atoms with E-state index >= 15 is 0 Å². The van der Waals surface area contributed by atoms with Crippen LogP contribution in [0.3, 0.4) is 0 Å². The lowest BCUT2D eigenvalue weighted by Gasteiger charge is -2.38. The molecule has 2 amide bonds. The Hall–Kier alpha value is -3.41. The quantitative estimate of drug-likeness (QED) is 0.287. The van der Waals surface area contributed by atoms with E-state index in [-0.39, 0.29) is 34.3 Å². The van der Waals surface area contributed by atoms with Crippen LogP contribution >= 0.6 is 0 Å². The third-order valence-electron chi connectivity index (χ3n) is 13.4. The lowest BCUT2D eigenvalue weighted by Crippen LogP contribution is -2.54. The number of aromatic nitrogens is 1. The average Bonchev–Trinajstić information content (AvgIpc) is 3.51. The third-order valence-corrected chi connectivity index (χ3v) is 14.8. The molecule has 50 heavy (non-hydrogen) atoms. The van der Waals surface area contributed by atoms with Crippen LogP contribution in [0, 0.1) is 22.2 Å². The maximum absolute atomic E-state index is 14.8. The van der Waals surface area contributed by atoms with Crippen molar-refractivity contribution >= 4 is 32.9 Å². The molecule has 2 heterocycles. The molecule has 3 fully saturated rings. The summed E-state index contributed by atoms with van der Waals surface area (Å²) in [6.07, 6.45) is 7.29. The number of fused-ring (bicyclic) bond motifs is 7. The molecule has 5 atom stereocenters. The first-order chi connectivity index (χ1) is 23.5. The lowest BCUT2D eigenvalue weighted by atomic mass is 9.70. The summed E-state index contributed by atoms with van der Waals surface area (Å²) < 4.78 is 36.3. The summed E-state index contributed by atoms with van der Waals surface area (Å²) in [7, 11) is 0.393. The van der Waals surface area contributed by atoms with Crippen molar-refractivity contribution in [3.63, 3.8) is 0 Å². The van der Waals surface area contributed by atoms with Crippen LogP contribution in [0.5, 0.6) is 5.75 Å². The molecule has 4 aliphatic rings. The fourth-order valence-electron chi connectivity index (χ4n) is 9.94. The molecule has 3 N–H and O–H groups in total. The summed E-state index contributed by atoms with van der Waals surface area (Å²) in [6.45, 7) is 8.93. The van der Waals surface area contributed by atoms with Gasteiger partial charge in [-0.1, -0.05) is 46.1 Å². The molecular formula is C39H52N4O6S. The fourth-order valence-corrected chi connectivity index (χ4v) is 10.5. The van der Waals surface area contributed by atoms with Crippen molar-refractivity contribution in [2.75, 3.05) is 21.2 Å². The van der Waals surface area contributed by atoms with Crippen LogP contribution in [0.4, 0.5) is 0 Å². The number of amides is 2. The van der Waals surface area contributed by atoms with E-state index in [1.807, 2.05) is 25.1 Å². The molecule has 10 nitrogen and oxygen atoms in total. The second-order valence-electron chi connectivity index (χ2n) is 16.6. The Balaban J connectivity index is 1.39. The second-order valence-corrected chi connectivity index (χ2v) is 18.5. The maximum Gasteiger partial charge on any atom is 0.303 e. The Morgan fingerprint density at radius 2 is 1.72 bits per heavy atom. The molecule has 0 saturated heterocycles. The molecule has 270 valence electrons. The van der Waals surface area contributed by atoms with Gasteiger partial charge in [0.15, 0.2) is 0 Å². The molecule has 2 aromatic carbocycles. The number of aliphatic hydroxyl groups is 1. The van der Waals surface area contributed by atoms with Crippen molar-refractivity contribution in [1.82, 2.24) is 18.9 Å². The number of nitrogens with zero attached hydrogens (tertiary/aromatic N) is 2. The van der Waals surface area contributed by atoms with Crippen molar-refractivity contribution in [1.29, 1.82) is 0 Å². The van der Waals surface area contributed by atoms with Gasteiger partial charge >= 0.3 is 10.2 Å². The highest BCUT2D eigenvalue weighted by Gasteiger charge is 2.66. The number of hydrogen-bond donors (Lipinski definition) is 3. The smallest absolute Gasteiger partial charge is 0.303 e. The lowest BCUT2D eigenvalue weighted by molar-refractivity contribution is -0.133. The Bertz CT molecular complexity index is 1980. The molecule has 1 aliphatic heterocycles. The number of rotatable bonds is 7. The van der Waals surface area contributed by atoms with Crippen LogP contribution in [0.1, 0.15) is 100 Å². The van der Waals surface area contributed by atoms with Gasteiger partial charge in [-0.3, -0.25) is 9.59 Å². The minimum Gasteiger partial charge on any atom is -0.497 e. The number of methoxy groups -OCH3 is 1. The highest BCUT2D eigenvalue weighted by atomic mass is 32.2. The Labute approximate surface area is 296 Å². The molecule has 2 unspecified atom stereocenters. The highest BCUT2D eigenvalue weighted by Crippen LogP contribution is 2.65. The molecule has 3 saturated carbocycles. The Morgan fingerprint density at radius 3 is 2.36 bits per heavy atom. The highest BCUT2D eigenvalue weighted by molar-refractivity contribution is 7.87. The van der Waals surface area contributed by atoms with Crippen LogP contribution in [0.25, 0.3) is 22.2 Å². The van der Waals surface area contributed by atoms with Gasteiger partial charge in [0.05, 0.1) is 30.4 Å². The number of carbonyl (C=O) groups excluding carboxylic acids is 2. The zero-order valence-electron chi connectivity index (χ0n) is 30.4. The van der Waals surface area contributed by atoms with E-state index in [4.69, 9.17) is 4.74 Å². The topological polar surface area (TPSA) is 130 Å². The number of benzene rings is 2. The molecule has 1 aromatic heterocycles. The second kappa shape index (κ2) is 12.1. The summed E-state index contributed by atoms with van der Waals surface area (Å²) in [5.41, 5.74) is 4.04. The van der Waals surface area contributed by atoms with Crippen LogP contribution < -0.4 is 14.8 Å². The monoisotopic (exact) mass is 704 g/mol. The normalized spacial score (nSPS) is 29.0. The van der Waals surface area contributed by atoms with E-state index in [1.165, 1.54) is 26.1 Å². The van der Waals surface area contributed by atoms with Gasteiger partial charge in [-0.15, -0.1) is 0 Å². The number of hydrogen-bond acceptors (Lipinski definition) is 6. The van der Waals surface area contributed by atoms with Gasteiger partial charge in [0, 0.05) is 48.1 Å². The predicted molar refractivity (Wildman–Crippen MR) is 194 cm³/mol. The van der Waals surface area contributed by atoms with E-state index in [2.05, 4.69) is 41.4 Å². The minimum absolute atomic E-state index is 0.107. The number of aliphatic hydroxyl groups excluding tert-OH is 1. The van der Waals surface area contributed by atoms with Crippen molar-refractivity contribution in [3.05, 3.63) is 53.1 Å². The SMILES string of the molecule is COc1ccc2c(c1)C[C@@](C)(C(=O)N[C@@H]1C3CCC(C)([C@@H]1O)C3(C)C)Cn1c-2c(C2CCCCC2)c2ccc(C(=O)NS(=O)(=O)N(C)C)cc21. The zero-order chi connectivity index (χ0) is 36.0. The van der Waals surface area contributed by atoms with Gasteiger partial charge in [0.1, 0.15) is 5.75 Å². The van der Waals surface area contributed by atoms with Gasteiger partial charge in [0.2, 0.25) is 5.91 Å². The minimum atomic E-state index is -4.00. The molecule has 2 bridgehead atoms. The molecular weight excluding hydrogens is 653 g/mol. The predicted octanol–water partition coefficient (Wildman–Crippen LogP) is 5.77. The first-order valence-corrected chi connectivity index (χ1v) is 19.5. The van der Waals surface area contributed by atoms with Crippen LogP contribution in [-0.2, 0) is 28.0 Å². The van der Waals surface area contributed by atoms with E-state index in [0.717, 1.165) is 76.3 Å². The van der Waals surface area contributed by atoms with Gasteiger partial charge in [-0.05, 0) is 97.7 Å². The molecule has 3 aliphatic carbocycles. The maximum atomic E-state index is 14.8. The zero-order valence-corrected chi connectivity index (χ0v) is 31.2. The Kier molecular flexibility index (Phi) is 8.47. The van der Waals surface area contributed by atoms with E-state index in [0.29, 0.717) is 18.9 Å². The van der Waals surface area contributed by atoms with Crippen molar-refractivity contribution in [2.45, 2.75) is 104 Å². The van der Waals surface area contributed by atoms with Crippen LogP contribution in [0.15, 0.2) is 36.4 Å². The van der Waals surface area contributed by atoms with Crippen molar-refractivity contribution < 1.29 is 27.9 Å². The summed E-state index contributed by atoms with van der Waals surface area (Å²) >= 11 is 0. The standard InChI is InChI=1S/C39H52N4O6S/c1-37(2)29-17-18-39(37,4)34(44)32(29)40-36(46)38(3)21-25-19-26(49-7)14-16-27(25)33-31(23-11-9-8-10-12-23)28-15-13-24(20-30(28)43(33)22-38)35(45)41-50(47,48)42(5)6/h13-16,19-20,23,29,32,34,44H,8-12,17-18,21-22H2,1-7H3,(H,40,46)(H,41,45)/t29?,32-,34-,38-,39?/m1/s1. The summed E-state index contributed by atoms with van der Waals surface area (Å²) in [5, 5.41) is 16.0. The fraction of sp³-hybridized carbons (Fsp3) is 0.590. The number of nitrogens with one attached hydrogen (secondary N) is 2. The van der Waals surface area contributed by atoms with Gasteiger partial charge in [-0.2, -0.15) is 12.7 Å². The Morgan fingerprint density at radius 1 is 1.00 bits per heavy atom. The van der Waals surface area contributed by atoms with Gasteiger partial charge in [-0.25, -0.2) is 4.72 Å². The summed E-state index contributed by atoms with van der Waals surface area (Å²) in [6, 6.07) is 11.2. The molecule has 0 radical (unpaired) electrons. The number of ether oxygens (including phenoxy) is 1. The molecule has 11 heteroatoms. The van der Waals surface area contributed by atoms with Crippen molar-refractivity contribution in [2.24, 2.45) is 22.2 Å². The number of carbonyl (C=O) groups is 2. The van der Waals surface area contributed by atoms with Crippen LogP contribution in [0.2, 0.25) is 0 Å². The first kappa shape index (κ1) is 35.0. The van der Waals surface area contributed by atoms with E-state index in [9.17, 15) is 23.1 Å².